The molecule has 0 radical (unpaired) electrons. The van der Waals surface area contributed by atoms with E-state index in [4.69, 9.17) is 4.74 Å². The summed E-state index contributed by atoms with van der Waals surface area (Å²) in [6.07, 6.45) is 5.91. The number of hydrogen-bond acceptors (Lipinski definition) is 1. The zero-order chi connectivity index (χ0) is 13.0. The van der Waals surface area contributed by atoms with E-state index < -0.39 is 0 Å². The molecule has 1 aromatic rings. The van der Waals surface area contributed by atoms with Gasteiger partial charge in [0.2, 0.25) is 0 Å². The van der Waals surface area contributed by atoms with Crippen molar-refractivity contribution in [3.8, 4) is 0 Å². The van der Waals surface area contributed by atoms with Crippen LogP contribution in [-0.2, 0) is 4.74 Å². The maximum atomic E-state index is 6.34. The van der Waals surface area contributed by atoms with Crippen LogP contribution in [0.4, 0.5) is 0 Å². The summed E-state index contributed by atoms with van der Waals surface area (Å²) in [7, 11) is 0. The minimum absolute atomic E-state index is 0.265. The molecule has 1 aliphatic rings. The maximum absolute atomic E-state index is 6.34. The first-order valence-corrected chi connectivity index (χ1v) is 8.49. The monoisotopic (exact) mass is 358 g/mol. The smallest absolute Gasteiger partial charge is 0.0918 e. The van der Waals surface area contributed by atoms with Gasteiger partial charge in [-0.3, -0.25) is 0 Å². The summed E-state index contributed by atoms with van der Waals surface area (Å²) in [5.41, 5.74) is 2.66. The summed E-state index contributed by atoms with van der Waals surface area (Å²) in [6.45, 7) is 4.50. The lowest BCUT2D eigenvalue weighted by Crippen LogP contribution is -2.24. The van der Waals surface area contributed by atoms with Gasteiger partial charge in [-0.15, -0.1) is 0 Å². The number of rotatable bonds is 4. The molecule has 2 heteroatoms. The molecule has 0 heterocycles. The van der Waals surface area contributed by atoms with Crippen molar-refractivity contribution in [3.63, 3.8) is 0 Å². The minimum Gasteiger partial charge on any atom is -0.369 e. The molecule has 0 amide bonds. The quantitative estimate of drug-likeness (QED) is 0.540. The zero-order valence-electron chi connectivity index (χ0n) is 11.4. The molecule has 0 aliphatic heterocycles. The number of ether oxygens (including phenoxy) is 1. The lowest BCUT2D eigenvalue weighted by molar-refractivity contribution is -0.0283. The number of benzene rings is 1. The predicted octanol–water partition coefficient (Wildman–Crippen LogP) is 5.07. The summed E-state index contributed by atoms with van der Waals surface area (Å²) in [5, 5.41) is 0. The Kier molecular flexibility index (Phi) is 5.49. The van der Waals surface area contributed by atoms with Crippen molar-refractivity contribution in [2.24, 2.45) is 5.92 Å². The Balaban J connectivity index is 2.00. The number of halogens is 1. The number of alkyl halides is 1. The molecule has 0 aromatic heterocycles. The highest BCUT2D eigenvalue weighted by Crippen LogP contribution is 2.31. The van der Waals surface area contributed by atoms with Gasteiger partial charge in [-0.05, 0) is 31.2 Å². The average Bonchev–Trinajstić information content (AvgIpc) is 2.36. The molecule has 0 saturated heterocycles. The standard InChI is InChI=1S/C16H23IO/c1-12-5-3-7-14(9-12)16(11-17)18-15-8-4-6-13(2)10-15/h3,5,7,9,13,15-16H,4,6,8,10-11H2,1-2H3. The zero-order valence-corrected chi connectivity index (χ0v) is 13.5. The number of hydrogen-bond donors (Lipinski definition) is 0. The van der Waals surface area contributed by atoms with Gasteiger partial charge >= 0.3 is 0 Å². The van der Waals surface area contributed by atoms with E-state index in [2.05, 4.69) is 60.7 Å². The van der Waals surface area contributed by atoms with E-state index in [0.29, 0.717) is 6.10 Å². The molecule has 3 atom stereocenters. The second-order valence-electron chi connectivity index (χ2n) is 5.59. The predicted molar refractivity (Wildman–Crippen MR) is 85.3 cm³/mol. The van der Waals surface area contributed by atoms with Crippen molar-refractivity contribution in [2.75, 3.05) is 4.43 Å². The molecule has 1 aromatic carbocycles. The van der Waals surface area contributed by atoms with Gasteiger partial charge in [0.25, 0.3) is 0 Å². The van der Waals surface area contributed by atoms with E-state index in [-0.39, 0.29) is 6.10 Å². The number of aryl methyl sites for hydroxylation is 1. The normalized spacial score (nSPS) is 25.9. The van der Waals surface area contributed by atoms with Crippen LogP contribution < -0.4 is 0 Å². The van der Waals surface area contributed by atoms with Gasteiger partial charge in [0.05, 0.1) is 12.2 Å². The van der Waals surface area contributed by atoms with Gasteiger partial charge in [0.1, 0.15) is 0 Å². The Morgan fingerprint density at radius 3 is 2.89 bits per heavy atom. The Bertz CT molecular complexity index is 377. The van der Waals surface area contributed by atoms with E-state index in [1.807, 2.05) is 0 Å². The van der Waals surface area contributed by atoms with Crippen LogP contribution in [-0.4, -0.2) is 10.5 Å². The lowest BCUT2D eigenvalue weighted by atomic mass is 9.88. The summed E-state index contributed by atoms with van der Waals surface area (Å²) in [5.74, 6) is 0.830. The second kappa shape index (κ2) is 6.90. The van der Waals surface area contributed by atoms with E-state index in [0.717, 1.165) is 10.3 Å². The summed E-state index contributed by atoms with van der Waals surface area (Å²) in [6, 6.07) is 8.74. The van der Waals surface area contributed by atoms with E-state index in [9.17, 15) is 0 Å². The van der Waals surface area contributed by atoms with Gasteiger partial charge in [0, 0.05) is 4.43 Å². The lowest BCUT2D eigenvalue weighted by Gasteiger charge is -2.30. The van der Waals surface area contributed by atoms with Gasteiger partial charge in [-0.25, -0.2) is 0 Å². The third-order valence-electron chi connectivity index (χ3n) is 3.80. The Hall–Kier alpha value is -0.0900. The molecule has 1 aliphatic carbocycles. The van der Waals surface area contributed by atoms with Crippen LogP contribution in [0.5, 0.6) is 0 Å². The van der Waals surface area contributed by atoms with Crippen molar-refractivity contribution >= 4 is 22.6 Å². The molecule has 0 spiro atoms. The molecule has 0 N–H and O–H groups in total. The van der Waals surface area contributed by atoms with Gasteiger partial charge in [0.15, 0.2) is 0 Å². The van der Waals surface area contributed by atoms with Gasteiger partial charge in [-0.1, -0.05) is 72.2 Å². The van der Waals surface area contributed by atoms with Crippen LogP contribution in [0.25, 0.3) is 0 Å². The van der Waals surface area contributed by atoms with Crippen molar-refractivity contribution in [1.29, 1.82) is 0 Å². The molecule has 18 heavy (non-hydrogen) atoms. The average molecular weight is 358 g/mol. The minimum atomic E-state index is 0.265. The van der Waals surface area contributed by atoms with E-state index >= 15 is 0 Å². The Morgan fingerprint density at radius 2 is 2.22 bits per heavy atom. The molecule has 1 nitrogen and oxygen atoms in total. The third kappa shape index (κ3) is 3.95. The highest BCUT2D eigenvalue weighted by Gasteiger charge is 2.23. The fourth-order valence-electron chi connectivity index (χ4n) is 2.81. The molecular weight excluding hydrogens is 335 g/mol. The maximum Gasteiger partial charge on any atom is 0.0918 e. The largest absolute Gasteiger partial charge is 0.369 e. The molecule has 3 unspecified atom stereocenters. The Labute approximate surface area is 124 Å². The molecule has 1 saturated carbocycles. The van der Waals surface area contributed by atoms with Gasteiger partial charge in [-0.2, -0.15) is 0 Å². The van der Waals surface area contributed by atoms with E-state index in [1.54, 1.807) is 0 Å². The van der Waals surface area contributed by atoms with Crippen molar-refractivity contribution in [3.05, 3.63) is 35.4 Å². The second-order valence-corrected chi connectivity index (χ2v) is 6.47. The Morgan fingerprint density at radius 1 is 1.39 bits per heavy atom. The highest BCUT2D eigenvalue weighted by molar-refractivity contribution is 14.1. The fraction of sp³-hybridized carbons (Fsp3) is 0.625. The molecule has 0 bridgehead atoms. The SMILES string of the molecule is Cc1cccc(C(CI)OC2CCCC(C)C2)c1. The van der Waals surface area contributed by atoms with Crippen LogP contribution in [0, 0.1) is 12.8 Å². The summed E-state index contributed by atoms with van der Waals surface area (Å²) >= 11 is 2.44. The highest BCUT2D eigenvalue weighted by atomic mass is 127. The first kappa shape index (κ1) is 14.3. The van der Waals surface area contributed by atoms with Crippen LogP contribution in [0.2, 0.25) is 0 Å². The molecule has 1 fully saturated rings. The third-order valence-corrected chi connectivity index (χ3v) is 4.60. The summed E-state index contributed by atoms with van der Waals surface area (Å²) in [4.78, 5) is 0. The van der Waals surface area contributed by atoms with Crippen molar-refractivity contribution < 1.29 is 4.74 Å². The van der Waals surface area contributed by atoms with Crippen molar-refractivity contribution in [2.45, 2.75) is 51.7 Å². The topological polar surface area (TPSA) is 9.23 Å². The van der Waals surface area contributed by atoms with Crippen LogP contribution >= 0.6 is 22.6 Å². The molecule has 100 valence electrons. The fourth-order valence-corrected chi connectivity index (χ4v) is 3.52. The van der Waals surface area contributed by atoms with Crippen molar-refractivity contribution in [1.82, 2.24) is 0 Å². The van der Waals surface area contributed by atoms with Crippen LogP contribution in [0.15, 0.2) is 24.3 Å². The first-order chi connectivity index (χ1) is 8.69. The van der Waals surface area contributed by atoms with E-state index in [1.165, 1.54) is 36.8 Å². The molecular formula is C16H23IO. The van der Waals surface area contributed by atoms with Crippen LogP contribution in [0.1, 0.15) is 49.8 Å². The summed E-state index contributed by atoms with van der Waals surface area (Å²) < 4.78 is 7.38. The first-order valence-electron chi connectivity index (χ1n) is 6.97. The van der Waals surface area contributed by atoms with Crippen LogP contribution in [0.3, 0.4) is 0 Å². The van der Waals surface area contributed by atoms with Gasteiger partial charge < -0.3 is 4.74 Å². The molecule has 2 rings (SSSR count).